The molecule has 24 heavy (non-hydrogen) atoms. The summed E-state index contributed by atoms with van der Waals surface area (Å²) in [4.78, 5) is 14.1. The van der Waals surface area contributed by atoms with Crippen LogP contribution in [0.1, 0.15) is 39.2 Å². The Morgan fingerprint density at radius 2 is 2.08 bits per heavy atom. The van der Waals surface area contributed by atoms with Crippen molar-refractivity contribution in [1.82, 2.24) is 4.90 Å². The Morgan fingerprint density at radius 1 is 1.46 bits per heavy atom. The summed E-state index contributed by atoms with van der Waals surface area (Å²) >= 11 is 9.35. The van der Waals surface area contributed by atoms with Crippen molar-refractivity contribution in [2.45, 2.75) is 51.8 Å². The number of phenolic OH excluding ortho intramolecular Hbond substituents is 1. The normalized spacial score (nSPS) is 15.9. The Kier molecular flexibility index (Phi) is 6.04. The van der Waals surface area contributed by atoms with E-state index in [-0.39, 0.29) is 35.9 Å². The van der Waals surface area contributed by atoms with Crippen LogP contribution in [-0.2, 0) is 11.3 Å². The monoisotopic (exact) mass is 419 g/mol. The average molecular weight is 421 g/mol. The van der Waals surface area contributed by atoms with Gasteiger partial charge in [-0.3, -0.25) is 4.90 Å². The number of rotatable bonds is 5. The summed E-state index contributed by atoms with van der Waals surface area (Å²) in [5.41, 5.74) is -0.144. The first kappa shape index (κ1) is 19.3. The van der Waals surface area contributed by atoms with E-state index in [1.807, 2.05) is 0 Å². The van der Waals surface area contributed by atoms with Crippen molar-refractivity contribution < 1.29 is 19.7 Å². The number of phenols is 1. The molecule has 7 heteroatoms. The SMILES string of the molecule is CC(C)(C)OC(=O)N(Cc1cc(Br)cc(Cl)c1O)C(CO)C1CC1. The highest BCUT2D eigenvalue weighted by Gasteiger charge is 2.39. The fourth-order valence-corrected chi connectivity index (χ4v) is 3.42. The highest BCUT2D eigenvalue weighted by atomic mass is 79.9. The quantitative estimate of drug-likeness (QED) is 0.744. The zero-order valence-corrected chi connectivity index (χ0v) is 16.4. The van der Waals surface area contributed by atoms with E-state index in [2.05, 4.69) is 15.9 Å². The lowest BCUT2D eigenvalue weighted by Gasteiger charge is -2.33. The van der Waals surface area contributed by atoms with Crippen LogP contribution < -0.4 is 0 Å². The molecule has 1 unspecified atom stereocenters. The van der Waals surface area contributed by atoms with Crippen molar-refractivity contribution in [1.29, 1.82) is 0 Å². The van der Waals surface area contributed by atoms with Gasteiger partial charge in [0.25, 0.3) is 0 Å². The fourth-order valence-electron chi connectivity index (χ4n) is 2.54. The first-order valence-electron chi connectivity index (χ1n) is 7.89. The molecule has 0 heterocycles. The van der Waals surface area contributed by atoms with Crippen LogP contribution in [0.15, 0.2) is 16.6 Å². The molecule has 0 aliphatic heterocycles. The summed E-state index contributed by atoms with van der Waals surface area (Å²) in [6.07, 6.45) is 1.43. The van der Waals surface area contributed by atoms with E-state index in [0.29, 0.717) is 10.0 Å². The van der Waals surface area contributed by atoms with Crippen molar-refractivity contribution >= 4 is 33.6 Å². The van der Waals surface area contributed by atoms with Gasteiger partial charge in [0.2, 0.25) is 0 Å². The predicted octanol–water partition coefficient (Wildman–Crippen LogP) is 4.32. The Bertz CT molecular complexity index is 613. The van der Waals surface area contributed by atoms with Crippen molar-refractivity contribution in [2.24, 2.45) is 5.92 Å². The topological polar surface area (TPSA) is 70.0 Å². The molecular formula is C17H23BrClNO4. The average Bonchev–Trinajstić information content (AvgIpc) is 3.26. The molecule has 1 fully saturated rings. The number of aromatic hydroxyl groups is 1. The second-order valence-corrected chi connectivity index (χ2v) is 8.41. The van der Waals surface area contributed by atoms with Crippen LogP contribution in [0.5, 0.6) is 5.75 Å². The maximum Gasteiger partial charge on any atom is 0.410 e. The standard InChI is InChI=1S/C17H23BrClNO4/c1-17(2,3)24-16(23)20(14(9-21)10-4-5-10)8-11-6-12(18)7-13(19)15(11)22/h6-7,10,14,21-22H,4-5,8-9H2,1-3H3. The molecule has 0 saturated heterocycles. The van der Waals surface area contributed by atoms with Gasteiger partial charge in [-0.05, 0) is 51.7 Å². The third kappa shape index (κ3) is 5.01. The van der Waals surface area contributed by atoms with E-state index >= 15 is 0 Å². The molecule has 1 saturated carbocycles. The summed E-state index contributed by atoms with van der Waals surface area (Å²) in [7, 11) is 0. The van der Waals surface area contributed by atoms with Crippen molar-refractivity contribution in [2.75, 3.05) is 6.61 Å². The number of nitrogens with zero attached hydrogens (tertiary/aromatic N) is 1. The maximum absolute atomic E-state index is 12.6. The van der Waals surface area contributed by atoms with Gasteiger partial charge in [0.15, 0.2) is 0 Å². The summed E-state index contributed by atoms with van der Waals surface area (Å²) < 4.78 is 6.19. The molecule has 1 aromatic rings. The van der Waals surface area contributed by atoms with Gasteiger partial charge in [-0.15, -0.1) is 0 Å². The highest BCUT2D eigenvalue weighted by Crippen LogP contribution is 2.38. The number of carbonyl (C=O) groups is 1. The number of aliphatic hydroxyl groups is 1. The molecule has 0 bridgehead atoms. The molecule has 5 nitrogen and oxygen atoms in total. The van der Waals surface area contributed by atoms with Crippen LogP contribution in [0, 0.1) is 5.92 Å². The zero-order chi connectivity index (χ0) is 18.1. The molecule has 134 valence electrons. The second-order valence-electron chi connectivity index (χ2n) is 7.09. The largest absolute Gasteiger partial charge is 0.506 e. The van der Waals surface area contributed by atoms with Crippen LogP contribution in [-0.4, -0.2) is 39.5 Å². The molecule has 2 rings (SSSR count). The van der Waals surface area contributed by atoms with Crippen molar-refractivity contribution in [3.05, 3.63) is 27.2 Å². The van der Waals surface area contributed by atoms with Crippen molar-refractivity contribution in [3.63, 3.8) is 0 Å². The molecular weight excluding hydrogens is 398 g/mol. The second kappa shape index (κ2) is 7.50. The van der Waals surface area contributed by atoms with Gasteiger partial charge in [-0.2, -0.15) is 0 Å². The maximum atomic E-state index is 12.6. The van der Waals surface area contributed by atoms with E-state index < -0.39 is 11.7 Å². The number of aliphatic hydroxyl groups excluding tert-OH is 1. The van der Waals surface area contributed by atoms with Gasteiger partial charge in [-0.1, -0.05) is 27.5 Å². The summed E-state index contributed by atoms with van der Waals surface area (Å²) in [5, 5.41) is 20.2. The van der Waals surface area contributed by atoms with Gasteiger partial charge in [0.1, 0.15) is 11.4 Å². The number of carbonyl (C=O) groups excluding carboxylic acids is 1. The summed E-state index contributed by atoms with van der Waals surface area (Å²) in [6, 6.07) is 2.96. The van der Waals surface area contributed by atoms with E-state index in [0.717, 1.165) is 12.8 Å². The highest BCUT2D eigenvalue weighted by molar-refractivity contribution is 9.10. The Morgan fingerprint density at radius 3 is 2.58 bits per heavy atom. The number of ether oxygens (including phenoxy) is 1. The smallest absolute Gasteiger partial charge is 0.410 e. The minimum atomic E-state index is -0.643. The van der Waals surface area contributed by atoms with Gasteiger partial charge < -0.3 is 14.9 Å². The van der Waals surface area contributed by atoms with Gasteiger partial charge in [0.05, 0.1) is 24.2 Å². The lowest BCUT2D eigenvalue weighted by atomic mass is 10.1. The van der Waals surface area contributed by atoms with Crippen LogP contribution in [0.4, 0.5) is 4.79 Å². The molecule has 0 radical (unpaired) electrons. The van der Waals surface area contributed by atoms with E-state index in [9.17, 15) is 15.0 Å². The van der Waals surface area contributed by atoms with Crippen molar-refractivity contribution in [3.8, 4) is 5.75 Å². The first-order valence-corrected chi connectivity index (χ1v) is 9.07. The van der Waals surface area contributed by atoms with Crippen LogP contribution in [0.2, 0.25) is 5.02 Å². The number of halogens is 2. The summed E-state index contributed by atoms with van der Waals surface area (Å²) in [5.74, 6) is 0.188. The van der Waals surface area contributed by atoms with E-state index in [4.69, 9.17) is 16.3 Å². The molecule has 1 aromatic carbocycles. The molecule has 1 atom stereocenters. The third-order valence-corrected chi connectivity index (χ3v) is 4.58. The van der Waals surface area contributed by atoms with Crippen LogP contribution in [0.25, 0.3) is 0 Å². The van der Waals surface area contributed by atoms with Gasteiger partial charge in [0, 0.05) is 10.0 Å². The number of amides is 1. The van der Waals surface area contributed by atoms with E-state index in [1.54, 1.807) is 32.9 Å². The Hall–Kier alpha value is -0.980. The number of benzene rings is 1. The Labute approximate surface area is 155 Å². The predicted molar refractivity (Wildman–Crippen MR) is 96.2 cm³/mol. The molecule has 1 aliphatic carbocycles. The minimum Gasteiger partial charge on any atom is -0.506 e. The molecule has 0 aromatic heterocycles. The minimum absolute atomic E-state index is 0.0686. The fraction of sp³-hybridized carbons (Fsp3) is 0.588. The zero-order valence-electron chi connectivity index (χ0n) is 14.1. The molecule has 1 amide bonds. The first-order chi connectivity index (χ1) is 11.1. The lowest BCUT2D eigenvalue weighted by molar-refractivity contribution is 0.00353. The number of hydrogen-bond acceptors (Lipinski definition) is 4. The van der Waals surface area contributed by atoms with E-state index in [1.165, 1.54) is 4.90 Å². The van der Waals surface area contributed by atoms with Crippen LogP contribution >= 0.6 is 27.5 Å². The van der Waals surface area contributed by atoms with Gasteiger partial charge >= 0.3 is 6.09 Å². The molecule has 0 spiro atoms. The molecule has 1 aliphatic rings. The third-order valence-electron chi connectivity index (χ3n) is 3.83. The van der Waals surface area contributed by atoms with Gasteiger partial charge in [-0.25, -0.2) is 4.79 Å². The number of hydrogen-bond donors (Lipinski definition) is 2. The molecule has 2 N–H and O–H groups in total. The van der Waals surface area contributed by atoms with Crippen LogP contribution in [0.3, 0.4) is 0 Å². The lowest BCUT2D eigenvalue weighted by Crippen LogP contribution is -2.45. The summed E-state index contributed by atoms with van der Waals surface area (Å²) in [6.45, 7) is 5.35. The Balaban J connectivity index is 2.30.